The molecule has 0 aliphatic heterocycles. The topological polar surface area (TPSA) is 24.5 Å². The van der Waals surface area contributed by atoms with Crippen LogP contribution >= 0.6 is 23.8 Å². The average Bonchev–Trinajstić information content (AvgIpc) is 2.71. The predicted octanol–water partition coefficient (Wildman–Crippen LogP) is 5.89. The summed E-state index contributed by atoms with van der Waals surface area (Å²) in [6.45, 7) is 0.871. The van der Waals surface area contributed by atoms with Crippen molar-refractivity contribution in [3.63, 3.8) is 0 Å². The number of methoxy groups -OCH3 is 1. The minimum atomic E-state index is -0.253. The van der Waals surface area contributed by atoms with Gasteiger partial charge >= 0.3 is 0 Å². The van der Waals surface area contributed by atoms with Crippen LogP contribution in [0.2, 0.25) is 5.02 Å². The first-order valence-corrected chi connectivity index (χ1v) is 9.51. The molecule has 3 nitrogen and oxygen atoms in total. The molecule has 6 heteroatoms. The first-order chi connectivity index (χ1) is 13.5. The minimum absolute atomic E-state index is 0.253. The van der Waals surface area contributed by atoms with Gasteiger partial charge < -0.3 is 15.0 Å². The van der Waals surface area contributed by atoms with Gasteiger partial charge in [0.2, 0.25) is 0 Å². The number of ether oxygens (including phenoxy) is 1. The number of thiocarbonyl (C=S) groups is 1. The molecule has 0 saturated heterocycles. The molecule has 0 saturated carbocycles. The smallest absolute Gasteiger partial charge is 0.174 e. The molecule has 0 aromatic heterocycles. The van der Waals surface area contributed by atoms with E-state index in [9.17, 15) is 4.39 Å². The number of hydrogen-bond acceptors (Lipinski definition) is 2. The Bertz CT molecular complexity index is 932. The first-order valence-electron chi connectivity index (χ1n) is 8.73. The summed E-state index contributed by atoms with van der Waals surface area (Å²) in [6, 6.07) is 21.7. The van der Waals surface area contributed by atoms with E-state index in [0.29, 0.717) is 28.8 Å². The molecule has 1 N–H and O–H groups in total. The third-order valence-corrected chi connectivity index (χ3v) is 4.85. The Morgan fingerprint density at radius 3 is 2.32 bits per heavy atom. The fraction of sp³-hybridized carbons (Fsp3) is 0.136. The van der Waals surface area contributed by atoms with Crippen LogP contribution < -0.4 is 10.1 Å². The van der Waals surface area contributed by atoms with E-state index in [-0.39, 0.29) is 5.82 Å². The quantitative estimate of drug-likeness (QED) is 0.508. The summed E-state index contributed by atoms with van der Waals surface area (Å²) in [5.74, 6) is 0.530. The molecular weight excluding hydrogens is 395 g/mol. The molecular formula is C22H20ClFN2OS. The number of hydrogen-bond donors (Lipinski definition) is 1. The minimum Gasteiger partial charge on any atom is -0.497 e. The van der Waals surface area contributed by atoms with E-state index in [4.69, 9.17) is 28.6 Å². The van der Waals surface area contributed by atoms with Crippen molar-refractivity contribution in [3.8, 4) is 5.75 Å². The lowest BCUT2D eigenvalue weighted by atomic mass is 10.1. The molecule has 0 atom stereocenters. The fourth-order valence-electron chi connectivity index (χ4n) is 2.72. The molecule has 0 aliphatic rings. The van der Waals surface area contributed by atoms with Gasteiger partial charge in [-0.15, -0.1) is 0 Å². The lowest BCUT2D eigenvalue weighted by molar-refractivity contribution is 0.400. The van der Waals surface area contributed by atoms with Crippen LogP contribution in [0, 0.1) is 5.82 Å². The Kier molecular flexibility index (Phi) is 6.85. The third kappa shape index (κ3) is 5.44. The SMILES string of the molecule is COc1ccc(CN(Cc2ccccc2F)C(=S)Nc2ccc(Cl)cc2)cc1. The van der Waals surface area contributed by atoms with Crippen molar-refractivity contribution >= 4 is 34.6 Å². The zero-order valence-electron chi connectivity index (χ0n) is 15.4. The van der Waals surface area contributed by atoms with Crippen molar-refractivity contribution in [2.24, 2.45) is 0 Å². The monoisotopic (exact) mass is 414 g/mol. The number of halogens is 2. The molecule has 0 unspecified atom stereocenters. The number of nitrogens with one attached hydrogen (secondary N) is 1. The molecule has 0 aliphatic carbocycles. The van der Waals surface area contributed by atoms with E-state index in [1.54, 1.807) is 31.4 Å². The van der Waals surface area contributed by atoms with Gasteiger partial charge in [-0.25, -0.2) is 4.39 Å². The summed E-state index contributed by atoms with van der Waals surface area (Å²) in [5.41, 5.74) is 2.44. The van der Waals surface area contributed by atoms with Crippen molar-refractivity contribution in [1.82, 2.24) is 4.90 Å². The molecule has 3 aromatic carbocycles. The van der Waals surface area contributed by atoms with Crippen LogP contribution in [-0.4, -0.2) is 17.1 Å². The first kappa shape index (κ1) is 20.1. The summed E-state index contributed by atoms with van der Waals surface area (Å²) in [6.07, 6.45) is 0. The molecule has 144 valence electrons. The summed E-state index contributed by atoms with van der Waals surface area (Å²) in [4.78, 5) is 1.92. The van der Waals surface area contributed by atoms with Crippen molar-refractivity contribution in [2.45, 2.75) is 13.1 Å². The van der Waals surface area contributed by atoms with E-state index in [0.717, 1.165) is 17.0 Å². The van der Waals surface area contributed by atoms with Gasteiger partial charge in [-0.05, 0) is 60.2 Å². The maximum atomic E-state index is 14.2. The summed E-state index contributed by atoms with van der Waals surface area (Å²) < 4.78 is 19.4. The highest BCUT2D eigenvalue weighted by Crippen LogP contribution is 2.19. The van der Waals surface area contributed by atoms with Gasteiger partial charge in [0.05, 0.1) is 7.11 Å². The molecule has 0 heterocycles. The second kappa shape index (κ2) is 9.53. The van der Waals surface area contributed by atoms with E-state index >= 15 is 0 Å². The Morgan fingerprint density at radius 2 is 1.68 bits per heavy atom. The van der Waals surface area contributed by atoms with Gasteiger partial charge in [0.1, 0.15) is 11.6 Å². The zero-order chi connectivity index (χ0) is 19.9. The van der Waals surface area contributed by atoms with Crippen molar-refractivity contribution < 1.29 is 9.13 Å². The van der Waals surface area contributed by atoms with Crippen molar-refractivity contribution in [2.75, 3.05) is 12.4 Å². The largest absolute Gasteiger partial charge is 0.497 e. The third-order valence-electron chi connectivity index (χ3n) is 4.23. The molecule has 0 bridgehead atoms. The second-order valence-electron chi connectivity index (χ2n) is 6.23. The van der Waals surface area contributed by atoms with Crippen LogP contribution in [0.5, 0.6) is 5.75 Å². The van der Waals surface area contributed by atoms with Crippen LogP contribution in [0.1, 0.15) is 11.1 Å². The predicted molar refractivity (Wildman–Crippen MR) is 116 cm³/mol. The van der Waals surface area contributed by atoms with Crippen LogP contribution in [0.3, 0.4) is 0 Å². The number of nitrogens with zero attached hydrogens (tertiary/aromatic N) is 1. The number of benzene rings is 3. The van der Waals surface area contributed by atoms with E-state index in [1.165, 1.54) is 6.07 Å². The van der Waals surface area contributed by atoms with Gasteiger partial charge in [-0.2, -0.15) is 0 Å². The highest BCUT2D eigenvalue weighted by molar-refractivity contribution is 7.80. The zero-order valence-corrected chi connectivity index (χ0v) is 16.9. The van der Waals surface area contributed by atoms with Crippen LogP contribution in [0.25, 0.3) is 0 Å². The lowest BCUT2D eigenvalue weighted by Gasteiger charge is -2.26. The molecule has 3 rings (SSSR count). The van der Waals surface area contributed by atoms with Crippen LogP contribution in [0.15, 0.2) is 72.8 Å². The Balaban J connectivity index is 1.80. The summed E-state index contributed by atoms with van der Waals surface area (Å²) in [5, 5.41) is 4.36. The van der Waals surface area contributed by atoms with Gasteiger partial charge in [-0.1, -0.05) is 41.9 Å². The molecule has 0 amide bonds. The highest BCUT2D eigenvalue weighted by atomic mass is 35.5. The van der Waals surface area contributed by atoms with Crippen LogP contribution in [0.4, 0.5) is 10.1 Å². The lowest BCUT2D eigenvalue weighted by Crippen LogP contribution is -2.34. The Hall–Kier alpha value is -2.63. The fourth-order valence-corrected chi connectivity index (χ4v) is 3.09. The van der Waals surface area contributed by atoms with Gasteiger partial charge in [0, 0.05) is 29.4 Å². The van der Waals surface area contributed by atoms with E-state index in [2.05, 4.69) is 5.32 Å². The average molecular weight is 415 g/mol. The number of rotatable bonds is 6. The normalized spacial score (nSPS) is 10.4. The van der Waals surface area contributed by atoms with Gasteiger partial charge in [0.15, 0.2) is 5.11 Å². The molecule has 28 heavy (non-hydrogen) atoms. The van der Waals surface area contributed by atoms with Gasteiger partial charge in [-0.3, -0.25) is 0 Å². The van der Waals surface area contributed by atoms with Crippen molar-refractivity contribution in [3.05, 3.63) is 94.8 Å². The van der Waals surface area contributed by atoms with E-state index < -0.39 is 0 Å². The van der Waals surface area contributed by atoms with Gasteiger partial charge in [0.25, 0.3) is 0 Å². The molecule has 0 radical (unpaired) electrons. The molecule has 3 aromatic rings. The summed E-state index contributed by atoms with van der Waals surface area (Å²) >= 11 is 11.6. The Labute approximate surface area is 174 Å². The Morgan fingerprint density at radius 1 is 1.00 bits per heavy atom. The second-order valence-corrected chi connectivity index (χ2v) is 7.06. The maximum absolute atomic E-state index is 14.2. The van der Waals surface area contributed by atoms with Crippen LogP contribution in [-0.2, 0) is 13.1 Å². The van der Waals surface area contributed by atoms with E-state index in [1.807, 2.05) is 47.4 Å². The summed E-state index contributed by atoms with van der Waals surface area (Å²) in [7, 11) is 1.63. The maximum Gasteiger partial charge on any atom is 0.174 e. The highest BCUT2D eigenvalue weighted by Gasteiger charge is 2.14. The molecule has 0 spiro atoms. The van der Waals surface area contributed by atoms with Crippen molar-refractivity contribution in [1.29, 1.82) is 0 Å². The standard InChI is InChI=1S/C22H20ClFN2OS/c1-27-20-12-6-16(7-13-20)14-26(15-17-4-2-3-5-21(17)24)22(28)25-19-10-8-18(23)9-11-19/h2-13H,14-15H2,1H3,(H,25,28). The number of anilines is 1. The molecule has 0 fully saturated rings.